The summed E-state index contributed by atoms with van der Waals surface area (Å²) in [6.45, 7) is 0. The quantitative estimate of drug-likeness (QED) is 0.560. The molecule has 0 aliphatic heterocycles. The van der Waals surface area contributed by atoms with Crippen LogP contribution >= 0.6 is 0 Å². The third kappa shape index (κ3) is 1.77. The second-order valence-corrected chi connectivity index (χ2v) is 4.59. The van der Waals surface area contributed by atoms with E-state index in [1.54, 1.807) is 27.9 Å². The van der Waals surface area contributed by atoms with Crippen LogP contribution in [0.3, 0.4) is 0 Å². The number of nitrogens with zero attached hydrogens (tertiary/aromatic N) is 5. The molecule has 1 aromatic carbocycles. The molecule has 6 nitrogen and oxygen atoms in total. The first kappa shape index (κ1) is 11.7. The van der Waals surface area contributed by atoms with Crippen molar-refractivity contribution in [1.29, 1.82) is 0 Å². The molecule has 0 radical (unpaired) electrons. The number of hydrogen-bond donors (Lipinski definition) is 0. The van der Waals surface area contributed by atoms with Crippen molar-refractivity contribution in [3.63, 3.8) is 0 Å². The van der Waals surface area contributed by atoms with E-state index < -0.39 is 0 Å². The van der Waals surface area contributed by atoms with E-state index in [4.69, 9.17) is 0 Å². The van der Waals surface area contributed by atoms with Crippen LogP contribution in [-0.4, -0.2) is 24.1 Å². The van der Waals surface area contributed by atoms with Gasteiger partial charge < -0.3 is 0 Å². The highest BCUT2D eigenvalue weighted by Crippen LogP contribution is 2.12. The Labute approximate surface area is 119 Å². The second kappa shape index (κ2) is 4.45. The van der Waals surface area contributed by atoms with Crippen LogP contribution in [0.15, 0.2) is 72.2 Å². The van der Waals surface area contributed by atoms with Gasteiger partial charge in [-0.25, -0.2) is 14.3 Å². The fourth-order valence-corrected chi connectivity index (χ4v) is 2.29. The number of para-hydroxylation sites is 1. The summed E-state index contributed by atoms with van der Waals surface area (Å²) in [4.78, 5) is 16.9. The van der Waals surface area contributed by atoms with Crippen molar-refractivity contribution in [2.24, 2.45) is 0 Å². The van der Waals surface area contributed by atoms with Gasteiger partial charge in [-0.1, -0.05) is 18.2 Å². The molecule has 0 aliphatic rings. The van der Waals surface area contributed by atoms with Gasteiger partial charge in [-0.3, -0.25) is 9.47 Å². The molecule has 0 bridgehead atoms. The molecule has 0 atom stereocenters. The Morgan fingerprint density at radius 1 is 0.952 bits per heavy atom. The number of rotatable bonds is 2. The van der Waals surface area contributed by atoms with Gasteiger partial charge in [0.05, 0.1) is 11.9 Å². The summed E-state index contributed by atoms with van der Waals surface area (Å²) in [6.07, 6.45) is 6.64. The van der Waals surface area contributed by atoms with E-state index in [0.717, 1.165) is 5.69 Å². The smallest absolute Gasteiger partial charge is 0.267 e. The average molecular weight is 277 g/mol. The lowest BCUT2D eigenvalue weighted by Gasteiger charge is -2.06. The van der Waals surface area contributed by atoms with E-state index in [2.05, 4.69) is 10.1 Å². The standard InChI is InChI=1S/C15H11N5O/c21-15-13-10-17-20(12-6-2-1-3-7-12)14(13)16-11-19(15)18-8-4-5-9-18/h1-11H. The lowest BCUT2D eigenvalue weighted by atomic mass is 10.3. The van der Waals surface area contributed by atoms with Gasteiger partial charge >= 0.3 is 0 Å². The van der Waals surface area contributed by atoms with Crippen LogP contribution in [0.25, 0.3) is 16.7 Å². The topological polar surface area (TPSA) is 57.6 Å². The lowest BCUT2D eigenvalue weighted by molar-refractivity contribution is 0.626. The van der Waals surface area contributed by atoms with Gasteiger partial charge in [-0.05, 0) is 24.3 Å². The van der Waals surface area contributed by atoms with Crippen molar-refractivity contribution in [2.75, 3.05) is 0 Å². The van der Waals surface area contributed by atoms with Crippen LogP contribution in [0.1, 0.15) is 0 Å². The van der Waals surface area contributed by atoms with Crippen LogP contribution in [0.4, 0.5) is 0 Å². The largest absolute Gasteiger partial charge is 0.283 e. The maximum absolute atomic E-state index is 12.5. The summed E-state index contributed by atoms with van der Waals surface area (Å²) in [6, 6.07) is 13.3. The zero-order valence-corrected chi connectivity index (χ0v) is 11.0. The molecule has 0 saturated carbocycles. The molecule has 0 unspecified atom stereocenters. The Bertz CT molecular complexity index is 951. The van der Waals surface area contributed by atoms with Gasteiger partial charge in [-0.15, -0.1) is 0 Å². The molecule has 0 N–H and O–H groups in total. The Kier molecular flexibility index (Phi) is 2.47. The Balaban J connectivity index is 1.96. The van der Waals surface area contributed by atoms with Crippen molar-refractivity contribution in [3.05, 3.63) is 77.7 Å². The molecule has 102 valence electrons. The Morgan fingerprint density at radius 3 is 2.48 bits per heavy atom. The minimum absolute atomic E-state index is 0.154. The molecule has 0 spiro atoms. The third-order valence-electron chi connectivity index (χ3n) is 3.31. The molecule has 0 saturated heterocycles. The second-order valence-electron chi connectivity index (χ2n) is 4.59. The third-order valence-corrected chi connectivity index (χ3v) is 3.31. The monoisotopic (exact) mass is 277 g/mol. The number of aromatic nitrogens is 5. The molecule has 4 rings (SSSR count). The molecular weight excluding hydrogens is 266 g/mol. The van der Waals surface area contributed by atoms with Crippen molar-refractivity contribution < 1.29 is 0 Å². The van der Waals surface area contributed by atoms with E-state index in [9.17, 15) is 4.79 Å². The first-order valence-electron chi connectivity index (χ1n) is 6.49. The number of fused-ring (bicyclic) bond motifs is 1. The summed E-state index contributed by atoms with van der Waals surface area (Å²) in [5.41, 5.74) is 1.27. The lowest BCUT2D eigenvalue weighted by Crippen LogP contribution is -2.25. The van der Waals surface area contributed by atoms with Crippen molar-refractivity contribution in [3.8, 4) is 5.69 Å². The predicted octanol–water partition coefficient (Wildman–Crippen LogP) is 1.70. The fraction of sp³-hybridized carbons (Fsp3) is 0. The highest BCUT2D eigenvalue weighted by molar-refractivity contribution is 5.74. The van der Waals surface area contributed by atoms with Crippen molar-refractivity contribution >= 4 is 11.0 Å². The zero-order valence-electron chi connectivity index (χ0n) is 11.0. The van der Waals surface area contributed by atoms with Crippen molar-refractivity contribution in [1.82, 2.24) is 24.1 Å². The van der Waals surface area contributed by atoms with Gasteiger partial charge in [-0.2, -0.15) is 5.10 Å². The molecular formula is C15H11N5O. The van der Waals surface area contributed by atoms with Crippen LogP contribution in [0.5, 0.6) is 0 Å². The molecule has 6 heteroatoms. The Hall–Kier alpha value is -3.15. The minimum atomic E-state index is -0.154. The summed E-state index contributed by atoms with van der Waals surface area (Å²) >= 11 is 0. The van der Waals surface area contributed by atoms with E-state index in [1.807, 2.05) is 42.5 Å². The van der Waals surface area contributed by atoms with Gasteiger partial charge in [0.15, 0.2) is 5.65 Å². The molecule has 0 aliphatic carbocycles. The van der Waals surface area contributed by atoms with Gasteiger partial charge in [0.1, 0.15) is 11.7 Å². The zero-order chi connectivity index (χ0) is 14.2. The number of benzene rings is 1. The first-order valence-corrected chi connectivity index (χ1v) is 6.49. The van der Waals surface area contributed by atoms with Crippen LogP contribution in [0, 0.1) is 0 Å². The highest BCUT2D eigenvalue weighted by atomic mass is 16.1. The van der Waals surface area contributed by atoms with Crippen LogP contribution in [0.2, 0.25) is 0 Å². The molecule has 21 heavy (non-hydrogen) atoms. The first-order chi connectivity index (χ1) is 10.3. The molecule has 3 aromatic heterocycles. The van der Waals surface area contributed by atoms with E-state index in [-0.39, 0.29) is 5.56 Å². The SMILES string of the molecule is O=c1c2cnn(-c3ccccc3)c2ncn1-n1cccc1. The minimum Gasteiger partial charge on any atom is -0.267 e. The van der Waals surface area contributed by atoms with Gasteiger partial charge in [0.2, 0.25) is 0 Å². The Morgan fingerprint density at radius 2 is 1.71 bits per heavy atom. The molecule has 0 amide bonds. The summed E-state index contributed by atoms with van der Waals surface area (Å²) in [7, 11) is 0. The van der Waals surface area contributed by atoms with Gasteiger partial charge in [0, 0.05) is 12.4 Å². The molecule has 4 aromatic rings. The van der Waals surface area contributed by atoms with E-state index in [0.29, 0.717) is 11.0 Å². The molecule has 0 fully saturated rings. The van der Waals surface area contributed by atoms with Crippen LogP contribution < -0.4 is 5.56 Å². The van der Waals surface area contributed by atoms with Gasteiger partial charge in [0.25, 0.3) is 5.56 Å². The predicted molar refractivity (Wildman–Crippen MR) is 78.4 cm³/mol. The van der Waals surface area contributed by atoms with E-state index in [1.165, 1.54) is 11.0 Å². The normalized spacial score (nSPS) is 11.0. The van der Waals surface area contributed by atoms with E-state index >= 15 is 0 Å². The number of hydrogen-bond acceptors (Lipinski definition) is 3. The highest BCUT2D eigenvalue weighted by Gasteiger charge is 2.11. The summed E-state index contributed by atoms with van der Waals surface area (Å²) in [5.74, 6) is 0. The summed E-state index contributed by atoms with van der Waals surface area (Å²) < 4.78 is 4.78. The van der Waals surface area contributed by atoms with Crippen LogP contribution in [-0.2, 0) is 0 Å². The maximum atomic E-state index is 12.5. The average Bonchev–Trinajstić information content (AvgIpc) is 3.18. The fourth-order valence-electron chi connectivity index (χ4n) is 2.29. The maximum Gasteiger partial charge on any atom is 0.283 e. The molecule has 3 heterocycles. The summed E-state index contributed by atoms with van der Waals surface area (Å²) in [5, 5.41) is 4.76. The van der Waals surface area contributed by atoms with Crippen molar-refractivity contribution in [2.45, 2.75) is 0 Å².